The molecule has 0 aliphatic carbocycles. The number of nitrogens with zero attached hydrogens (tertiary/aromatic N) is 1. The maximum atomic E-state index is 4.62. The molecule has 126 valence electrons. The van der Waals surface area contributed by atoms with Crippen molar-refractivity contribution in [2.45, 2.75) is 58.0 Å². The highest BCUT2D eigenvalue weighted by Gasteiger charge is 2.17. The first-order valence-electron chi connectivity index (χ1n) is 8.22. The Morgan fingerprint density at radius 2 is 1.86 bits per heavy atom. The summed E-state index contributed by atoms with van der Waals surface area (Å²) in [5.41, 5.74) is 2.47. The zero-order chi connectivity index (χ0) is 16.8. The molecule has 1 rings (SSSR count). The third kappa shape index (κ3) is 7.19. The van der Waals surface area contributed by atoms with E-state index >= 15 is 0 Å². The summed E-state index contributed by atoms with van der Waals surface area (Å²) in [6.07, 6.45) is 1.18. The summed E-state index contributed by atoms with van der Waals surface area (Å²) in [6.45, 7) is 15.3. The molecule has 0 bridgehead atoms. The first kappa shape index (κ1) is 19.6. The molecule has 0 saturated heterocycles. The van der Waals surface area contributed by atoms with E-state index in [1.165, 1.54) is 17.8 Å². The van der Waals surface area contributed by atoms with Gasteiger partial charge in [0.05, 0.1) is 11.4 Å². The maximum absolute atomic E-state index is 4.62. The van der Waals surface area contributed by atoms with Crippen LogP contribution in [0.4, 0.5) is 11.4 Å². The molecule has 0 fully saturated rings. The molecule has 0 amide bonds. The second-order valence-electron chi connectivity index (χ2n) is 6.96. The minimum absolute atomic E-state index is 0.0279. The summed E-state index contributed by atoms with van der Waals surface area (Å²) < 4.78 is 2.42. The number of hydrogen-bond acceptors (Lipinski definition) is 4. The van der Waals surface area contributed by atoms with Crippen molar-refractivity contribution in [3.8, 4) is 0 Å². The quantitative estimate of drug-likeness (QED) is 0.442. The van der Waals surface area contributed by atoms with E-state index in [9.17, 15) is 0 Å². The van der Waals surface area contributed by atoms with E-state index in [0.29, 0.717) is 11.2 Å². The van der Waals surface area contributed by atoms with Gasteiger partial charge in [-0.25, -0.2) is 0 Å². The fraction of sp³-hybridized carbons (Fsp3) is 0.667. The summed E-state index contributed by atoms with van der Waals surface area (Å²) in [5.74, 6) is 0.630. The topological polar surface area (TPSA) is 15.3 Å². The fourth-order valence-electron chi connectivity index (χ4n) is 1.97. The Labute approximate surface area is 147 Å². The lowest BCUT2D eigenvalue weighted by atomic mass is 10.2. The van der Waals surface area contributed by atoms with Crippen molar-refractivity contribution in [3.05, 3.63) is 24.3 Å². The molecule has 0 aromatic heterocycles. The van der Waals surface area contributed by atoms with Gasteiger partial charge in [0.15, 0.2) is 0 Å². The van der Waals surface area contributed by atoms with Gasteiger partial charge in [0.25, 0.3) is 0 Å². The fourth-order valence-corrected chi connectivity index (χ4v) is 3.29. The Balaban J connectivity index is 2.97. The van der Waals surface area contributed by atoms with Gasteiger partial charge in [-0.05, 0) is 50.3 Å². The van der Waals surface area contributed by atoms with Crippen molar-refractivity contribution in [2.24, 2.45) is 5.92 Å². The number of thiol groups is 1. The monoisotopic (exact) mass is 340 g/mol. The molecule has 2 nitrogen and oxygen atoms in total. The minimum Gasteiger partial charge on any atom is -0.382 e. The van der Waals surface area contributed by atoms with Crippen molar-refractivity contribution in [3.63, 3.8) is 0 Å². The Hall–Kier alpha value is -0.480. The Kier molecular flexibility index (Phi) is 7.98. The standard InChI is InChI=1S/C18H32N2S2/c1-7-15(4)22-20(12-14(2)3)17-11-9-8-10-16(17)19-13-18(5,6)21/h8-11,14-15,19,21H,7,12-13H2,1-6H3. The molecule has 1 aromatic carbocycles. The summed E-state index contributed by atoms with van der Waals surface area (Å²) in [7, 11) is 0. The molecule has 0 aliphatic rings. The summed E-state index contributed by atoms with van der Waals surface area (Å²) in [5, 5.41) is 4.19. The van der Waals surface area contributed by atoms with Crippen molar-refractivity contribution in [1.82, 2.24) is 0 Å². The molecule has 1 aromatic rings. The van der Waals surface area contributed by atoms with E-state index in [1.54, 1.807) is 0 Å². The molecule has 1 atom stereocenters. The van der Waals surface area contributed by atoms with E-state index < -0.39 is 0 Å². The Bertz CT molecular complexity index is 441. The van der Waals surface area contributed by atoms with Crippen LogP contribution in [0.3, 0.4) is 0 Å². The smallest absolute Gasteiger partial charge is 0.0701 e. The maximum Gasteiger partial charge on any atom is 0.0701 e. The molecule has 1 N–H and O–H groups in total. The van der Waals surface area contributed by atoms with E-state index in [4.69, 9.17) is 0 Å². The van der Waals surface area contributed by atoms with E-state index in [1.807, 2.05) is 11.9 Å². The third-order valence-corrected chi connectivity index (χ3v) is 4.75. The molecular formula is C18H32N2S2. The molecule has 0 radical (unpaired) electrons. The van der Waals surface area contributed by atoms with Crippen LogP contribution in [-0.2, 0) is 0 Å². The first-order chi connectivity index (χ1) is 10.2. The van der Waals surface area contributed by atoms with Crippen molar-refractivity contribution < 1.29 is 0 Å². The van der Waals surface area contributed by atoms with Gasteiger partial charge >= 0.3 is 0 Å². The highest BCUT2D eigenvalue weighted by molar-refractivity contribution is 8.01. The van der Waals surface area contributed by atoms with Gasteiger partial charge < -0.3 is 9.62 Å². The van der Waals surface area contributed by atoms with Gasteiger partial charge in [-0.15, -0.1) is 0 Å². The molecular weight excluding hydrogens is 308 g/mol. The molecule has 0 heterocycles. The first-order valence-corrected chi connectivity index (χ1v) is 9.51. The van der Waals surface area contributed by atoms with Crippen molar-refractivity contribution in [1.29, 1.82) is 0 Å². The molecule has 22 heavy (non-hydrogen) atoms. The van der Waals surface area contributed by atoms with Gasteiger partial charge in [-0.2, -0.15) is 12.6 Å². The highest BCUT2D eigenvalue weighted by Crippen LogP contribution is 2.34. The second-order valence-corrected chi connectivity index (χ2v) is 9.63. The average molecular weight is 341 g/mol. The van der Waals surface area contributed by atoms with Gasteiger partial charge in [-0.3, -0.25) is 0 Å². The Morgan fingerprint density at radius 3 is 2.41 bits per heavy atom. The average Bonchev–Trinajstić information content (AvgIpc) is 2.43. The lowest BCUT2D eigenvalue weighted by Crippen LogP contribution is -2.26. The molecule has 1 unspecified atom stereocenters. The van der Waals surface area contributed by atoms with Crippen LogP contribution in [0, 0.1) is 5.92 Å². The molecule has 0 aliphatic heterocycles. The number of anilines is 2. The van der Waals surface area contributed by atoms with Crippen molar-refractivity contribution in [2.75, 3.05) is 22.7 Å². The van der Waals surface area contributed by atoms with Gasteiger partial charge in [0, 0.05) is 23.1 Å². The zero-order valence-electron chi connectivity index (χ0n) is 14.9. The Morgan fingerprint density at radius 1 is 1.23 bits per heavy atom. The van der Waals surface area contributed by atoms with Crippen LogP contribution in [0.15, 0.2) is 24.3 Å². The highest BCUT2D eigenvalue weighted by atomic mass is 32.2. The zero-order valence-corrected chi connectivity index (χ0v) is 16.6. The van der Waals surface area contributed by atoms with E-state index in [-0.39, 0.29) is 4.75 Å². The van der Waals surface area contributed by atoms with Crippen LogP contribution in [0.2, 0.25) is 0 Å². The third-order valence-electron chi connectivity index (χ3n) is 3.30. The lowest BCUT2D eigenvalue weighted by Gasteiger charge is -2.30. The number of benzene rings is 1. The predicted molar refractivity (Wildman–Crippen MR) is 108 cm³/mol. The van der Waals surface area contributed by atoms with E-state index in [2.05, 4.69) is 88.1 Å². The summed E-state index contributed by atoms with van der Waals surface area (Å²) in [4.78, 5) is 0. The summed E-state index contributed by atoms with van der Waals surface area (Å²) in [6, 6.07) is 8.60. The second kappa shape index (κ2) is 8.97. The van der Waals surface area contributed by atoms with Crippen molar-refractivity contribution >= 4 is 36.0 Å². The largest absolute Gasteiger partial charge is 0.382 e. The van der Waals surface area contributed by atoms with Crippen LogP contribution < -0.4 is 9.62 Å². The van der Waals surface area contributed by atoms with Crippen LogP contribution in [0.1, 0.15) is 48.0 Å². The SMILES string of the molecule is CCC(C)SN(CC(C)C)c1ccccc1NCC(C)(C)S. The molecule has 0 spiro atoms. The number of rotatable bonds is 9. The van der Waals surface area contributed by atoms with E-state index in [0.717, 1.165) is 13.1 Å². The van der Waals surface area contributed by atoms with Crippen LogP contribution in [0.25, 0.3) is 0 Å². The predicted octanol–water partition coefficient (Wildman–Crippen LogP) is 5.72. The van der Waals surface area contributed by atoms with Crippen LogP contribution >= 0.6 is 24.6 Å². The molecule has 4 heteroatoms. The number of hydrogen-bond donors (Lipinski definition) is 2. The van der Waals surface area contributed by atoms with Crippen LogP contribution in [-0.4, -0.2) is 23.1 Å². The summed E-state index contributed by atoms with van der Waals surface area (Å²) >= 11 is 6.56. The lowest BCUT2D eigenvalue weighted by molar-refractivity contribution is 0.666. The van der Waals surface area contributed by atoms with Gasteiger partial charge in [-0.1, -0.05) is 39.8 Å². The van der Waals surface area contributed by atoms with Crippen LogP contribution in [0.5, 0.6) is 0 Å². The molecule has 0 saturated carbocycles. The van der Waals surface area contributed by atoms with Gasteiger partial charge in [0.1, 0.15) is 0 Å². The minimum atomic E-state index is -0.0279. The number of para-hydroxylation sites is 2. The number of nitrogens with one attached hydrogen (secondary N) is 1. The van der Waals surface area contributed by atoms with Gasteiger partial charge in [0.2, 0.25) is 0 Å². The normalized spacial score (nSPS) is 13.3.